The zero-order valence-corrected chi connectivity index (χ0v) is 11.7. The van der Waals surface area contributed by atoms with E-state index >= 15 is 0 Å². The quantitative estimate of drug-likeness (QED) is 0.626. The molecule has 1 rings (SSSR count). The molecule has 0 aliphatic heterocycles. The van der Waals surface area contributed by atoms with E-state index in [4.69, 9.17) is 4.74 Å². The van der Waals surface area contributed by atoms with Crippen LogP contribution in [0, 0.1) is 0 Å². The number of ketones is 1. The molecule has 0 N–H and O–H groups in total. The first-order valence-electron chi connectivity index (χ1n) is 5.37. The average Bonchev–Trinajstić information content (AvgIpc) is 2.24. The molecule has 2 nitrogen and oxygen atoms in total. The van der Waals surface area contributed by atoms with Gasteiger partial charge in [-0.25, -0.2) is 0 Å². The molecule has 0 radical (unpaired) electrons. The molecule has 0 aliphatic rings. The summed E-state index contributed by atoms with van der Waals surface area (Å²) in [5.74, 6) is -1.28. The number of halogens is 3. The van der Waals surface area contributed by atoms with Gasteiger partial charge in [-0.3, -0.25) is 4.79 Å². The maximum atomic E-state index is 12.4. The highest BCUT2D eigenvalue weighted by Crippen LogP contribution is 2.23. The van der Waals surface area contributed by atoms with E-state index in [2.05, 4.69) is 0 Å². The molecule has 100 valence electrons. The van der Waals surface area contributed by atoms with E-state index < -0.39 is 20.0 Å². The summed E-state index contributed by atoms with van der Waals surface area (Å²) in [6, 6.07) is 3.88. The molecule has 0 aromatic heterocycles. The van der Waals surface area contributed by atoms with Gasteiger partial charge in [0.2, 0.25) is 0 Å². The second kappa shape index (κ2) is 4.76. The molecule has 1 aromatic carbocycles. The zero-order valence-electron chi connectivity index (χ0n) is 10.7. The molecular weight excluding hydrogens is 261 g/mol. The van der Waals surface area contributed by atoms with Gasteiger partial charge in [-0.1, -0.05) is 19.6 Å². The maximum absolute atomic E-state index is 12.4. The number of hydrogen-bond donors (Lipinski definition) is 0. The number of benzene rings is 1. The van der Waals surface area contributed by atoms with Gasteiger partial charge in [0.15, 0.2) is 0 Å². The Balaban J connectivity index is 3.32. The summed E-state index contributed by atoms with van der Waals surface area (Å²) in [6.07, 6.45) is -4.84. The van der Waals surface area contributed by atoms with Crippen molar-refractivity contribution in [3.05, 3.63) is 23.8 Å². The van der Waals surface area contributed by atoms with Crippen molar-refractivity contribution >= 4 is 19.0 Å². The highest BCUT2D eigenvalue weighted by Gasteiger charge is 2.39. The van der Waals surface area contributed by atoms with E-state index in [0.29, 0.717) is 10.9 Å². The van der Waals surface area contributed by atoms with Crippen molar-refractivity contribution in [2.24, 2.45) is 0 Å². The minimum absolute atomic E-state index is 0.333. The lowest BCUT2D eigenvalue weighted by atomic mass is 10.1. The molecule has 0 amide bonds. The van der Waals surface area contributed by atoms with Crippen LogP contribution < -0.4 is 9.92 Å². The van der Waals surface area contributed by atoms with Crippen LogP contribution >= 0.6 is 0 Å². The lowest BCUT2D eigenvalue weighted by Gasteiger charge is -2.21. The van der Waals surface area contributed by atoms with Gasteiger partial charge in [-0.05, 0) is 23.4 Å². The fourth-order valence-corrected chi connectivity index (χ4v) is 3.11. The van der Waals surface area contributed by atoms with Crippen LogP contribution in [0.5, 0.6) is 5.75 Å². The Morgan fingerprint density at radius 2 is 1.78 bits per heavy atom. The Morgan fingerprint density at radius 1 is 1.22 bits per heavy atom. The lowest BCUT2D eigenvalue weighted by Crippen LogP contribution is -2.39. The summed E-state index contributed by atoms with van der Waals surface area (Å²) >= 11 is 0. The summed E-state index contributed by atoms with van der Waals surface area (Å²) < 4.78 is 42.3. The minimum atomic E-state index is -4.84. The Kier molecular flexibility index (Phi) is 3.90. The fraction of sp³-hybridized carbons (Fsp3) is 0.417. The number of Topliss-reactive ketones (excluding diaryl/α,β-unsaturated/α-hetero) is 1. The smallest absolute Gasteiger partial charge is 0.454 e. The predicted octanol–water partition coefficient (Wildman–Crippen LogP) is 2.99. The molecule has 0 aliphatic carbocycles. The second-order valence-corrected chi connectivity index (χ2v) is 10.0. The SMILES string of the molecule is COc1ccc(C(=O)C(F)(F)F)cc1[Si](C)(C)C. The predicted molar refractivity (Wildman–Crippen MR) is 66.4 cm³/mol. The van der Waals surface area contributed by atoms with Crippen LogP contribution in [0.15, 0.2) is 18.2 Å². The van der Waals surface area contributed by atoms with Crippen LogP contribution in [0.2, 0.25) is 19.6 Å². The van der Waals surface area contributed by atoms with Gasteiger partial charge < -0.3 is 4.74 Å². The average molecular weight is 276 g/mol. The van der Waals surface area contributed by atoms with Gasteiger partial charge >= 0.3 is 6.18 Å². The van der Waals surface area contributed by atoms with Gasteiger partial charge in [0.1, 0.15) is 5.75 Å². The van der Waals surface area contributed by atoms with E-state index in [1.54, 1.807) is 0 Å². The van der Waals surface area contributed by atoms with Crippen LogP contribution in [0.1, 0.15) is 10.4 Å². The van der Waals surface area contributed by atoms with Crippen molar-refractivity contribution in [2.75, 3.05) is 7.11 Å². The number of methoxy groups -OCH3 is 1. The Morgan fingerprint density at radius 3 is 2.17 bits per heavy atom. The zero-order chi connectivity index (χ0) is 14.1. The van der Waals surface area contributed by atoms with Gasteiger partial charge in [-0.15, -0.1) is 0 Å². The number of alkyl halides is 3. The molecule has 0 heterocycles. The minimum Gasteiger partial charge on any atom is -0.497 e. The van der Waals surface area contributed by atoms with Crippen molar-refractivity contribution in [1.82, 2.24) is 0 Å². The summed E-state index contributed by atoms with van der Waals surface area (Å²) in [5.41, 5.74) is -0.333. The normalized spacial score (nSPS) is 12.4. The van der Waals surface area contributed by atoms with Crippen LogP contribution in [-0.4, -0.2) is 27.1 Å². The molecule has 0 fully saturated rings. The summed E-state index contributed by atoms with van der Waals surface area (Å²) in [4.78, 5) is 11.2. The topological polar surface area (TPSA) is 26.3 Å². The Bertz CT molecular complexity index is 461. The molecule has 6 heteroatoms. The molecule has 18 heavy (non-hydrogen) atoms. The third kappa shape index (κ3) is 3.13. The fourth-order valence-electron chi connectivity index (χ4n) is 1.60. The van der Waals surface area contributed by atoms with Crippen LogP contribution in [0.3, 0.4) is 0 Å². The highest BCUT2D eigenvalue weighted by atomic mass is 28.3. The van der Waals surface area contributed by atoms with Crippen molar-refractivity contribution < 1.29 is 22.7 Å². The van der Waals surface area contributed by atoms with Gasteiger partial charge in [0.05, 0.1) is 15.2 Å². The molecule has 0 atom stereocenters. The van der Waals surface area contributed by atoms with Gasteiger partial charge in [0, 0.05) is 5.56 Å². The lowest BCUT2D eigenvalue weighted by molar-refractivity contribution is -0.0885. The van der Waals surface area contributed by atoms with Crippen LogP contribution in [0.4, 0.5) is 13.2 Å². The van der Waals surface area contributed by atoms with Crippen molar-refractivity contribution in [1.29, 1.82) is 0 Å². The van der Waals surface area contributed by atoms with E-state index in [1.807, 2.05) is 19.6 Å². The van der Waals surface area contributed by atoms with E-state index in [-0.39, 0.29) is 5.56 Å². The number of carbonyl (C=O) groups excluding carboxylic acids is 1. The standard InChI is InChI=1S/C12H15F3O2Si/c1-17-9-6-5-8(11(16)12(13,14)15)7-10(9)18(2,3)4/h5-7H,1-4H3. The molecule has 0 unspecified atom stereocenters. The summed E-state index contributed by atoms with van der Waals surface area (Å²) in [7, 11) is -0.417. The molecule has 0 spiro atoms. The highest BCUT2D eigenvalue weighted by molar-refractivity contribution is 6.89. The molecule has 0 saturated carbocycles. The summed E-state index contributed by atoms with van der Waals surface area (Å²) in [6.45, 7) is 5.94. The molecule has 0 saturated heterocycles. The molecule has 1 aromatic rings. The van der Waals surface area contributed by atoms with Crippen LogP contribution in [0.25, 0.3) is 0 Å². The first-order valence-corrected chi connectivity index (χ1v) is 8.87. The number of hydrogen-bond acceptors (Lipinski definition) is 2. The third-order valence-electron chi connectivity index (χ3n) is 2.53. The second-order valence-electron chi connectivity index (χ2n) is 4.99. The van der Waals surface area contributed by atoms with Crippen molar-refractivity contribution in [2.45, 2.75) is 25.8 Å². The van der Waals surface area contributed by atoms with Gasteiger partial charge in [-0.2, -0.15) is 13.2 Å². The van der Waals surface area contributed by atoms with E-state index in [0.717, 1.165) is 6.07 Å². The van der Waals surface area contributed by atoms with E-state index in [9.17, 15) is 18.0 Å². The number of carbonyl (C=O) groups is 1. The number of rotatable bonds is 3. The number of ether oxygens (including phenoxy) is 1. The Labute approximate surface area is 105 Å². The molecular formula is C12H15F3O2Si. The largest absolute Gasteiger partial charge is 0.497 e. The molecule has 0 bridgehead atoms. The third-order valence-corrected chi connectivity index (χ3v) is 4.53. The summed E-state index contributed by atoms with van der Waals surface area (Å²) in [5, 5.41) is 0.708. The van der Waals surface area contributed by atoms with Crippen molar-refractivity contribution in [3.8, 4) is 5.75 Å². The van der Waals surface area contributed by atoms with E-state index in [1.165, 1.54) is 19.2 Å². The van der Waals surface area contributed by atoms with Gasteiger partial charge in [0.25, 0.3) is 5.78 Å². The Hall–Kier alpha value is -1.30. The maximum Gasteiger partial charge on any atom is 0.454 e. The monoisotopic (exact) mass is 276 g/mol. The van der Waals surface area contributed by atoms with Crippen molar-refractivity contribution in [3.63, 3.8) is 0 Å². The van der Waals surface area contributed by atoms with Crippen LogP contribution in [-0.2, 0) is 0 Å². The first kappa shape index (κ1) is 14.8. The first-order chi connectivity index (χ1) is 8.07.